The Morgan fingerprint density at radius 3 is 1.75 bits per heavy atom. The van der Waals surface area contributed by atoms with Crippen LogP contribution in [-0.2, 0) is 4.74 Å². The minimum absolute atomic E-state index is 0.218. The molecule has 0 atom stereocenters. The van der Waals surface area contributed by atoms with E-state index >= 15 is 0 Å². The first-order valence-corrected chi connectivity index (χ1v) is 2.88. The van der Waals surface area contributed by atoms with E-state index < -0.39 is 5.72 Å². The normalized spacial score (nSPS) is 12.8. The SMILES string of the molecule is CC(C)OC(C)(C)N. The molecule has 0 unspecified atom stereocenters. The number of rotatable bonds is 2. The van der Waals surface area contributed by atoms with Crippen LogP contribution in [0.1, 0.15) is 27.7 Å². The molecule has 0 aromatic carbocycles. The van der Waals surface area contributed by atoms with Crippen molar-refractivity contribution in [3.05, 3.63) is 0 Å². The highest BCUT2D eigenvalue weighted by atomic mass is 16.5. The summed E-state index contributed by atoms with van der Waals surface area (Å²) in [5.74, 6) is 0. The summed E-state index contributed by atoms with van der Waals surface area (Å²) >= 11 is 0. The molecule has 2 nitrogen and oxygen atoms in total. The largest absolute Gasteiger partial charge is 0.359 e. The molecule has 0 heterocycles. The summed E-state index contributed by atoms with van der Waals surface area (Å²) < 4.78 is 5.22. The van der Waals surface area contributed by atoms with Crippen LogP contribution in [0.4, 0.5) is 0 Å². The van der Waals surface area contributed by atoms with E-state index in [9.17, 15) is 0 Å². The first-order valence-electron chi connectivity index (χ1n) is 2.88. The van der Waals surface area contributed by atoms with Gasteiger partial charge >= 0.3 is 0 Å². The van der Waals surface area contributed by atoms with Crippen LogP contribution in [0, 0.1) is 0 Å². The van der Waals surface area contributed by atoms with Gasteiger partial charge in [-0.15, -0.1) is 0 Å². The van der Waals surface area contributed by atoms with E-state index in [-0.39, 0.29) is 6.10 Å². The van der Waals surface area contributed by atoms with Gasteiger partial charge in [-0.25, -0.2) is 0 Å². The van der Waals surface area contributed by atoms with Crippen molar-refractivity contribution < 1.29 is 4.74 Å². The first kappa shape index (κ1) is 7.92. The van der Waals surface area contributed by atoms with Gasteiger partial charge in [0, 0.05) is 0 Å². The Balaban J connectivity index is 3.39. The van der Waals surface area contributed by atoms with Crippen LogP contribution in [0.2, 0.25) is 0 Å². The molecule has 0 rings (SSSR count). The van der Waals surface area contributed by atoms with Crippen molar-refractivity contribution in [2.45, 2.75) is 39.5 Å². The molecule has 0 aromatic heterocycles. The fourth-order valence-electron chi connectivity index (χ4n) is 0.607. The molecule has 0 radical (unpaired) electrons. The maximum Gasteiger partial charge on any atom is 0.111 e. The molecular formula is C6H15NO. The number of hydrogen-bond donors (Lipinski definition) is 1. The van der Waals surface area contributed by atoms with Crippen LogP contribution in [-0.4, -0.2) is 11.8 Å². The van der Waals surface area contributed by atoms with Crippen molar-refractivity contribution in [2.75, 3.05) is 0 Å². The van der Waals surface area contributed by atoms with Crippen molar-refractivity contribution in [1.82, 2.24) is 0 Å². The summed E-state index contributed by atoms with van der Waals surface area (Å²) in [5, 5.41) is 0. The lowest BCUT2D eigenvalue weighted by molar-refractivity contribution is -0.0509. The van der Waals surface area contributed by atoms with E-state index in [0.29, 0.717) is 0 Å². The second-order valence-electron chi connectivity index (χ2n) is 2.77. The van der Waals surface area contributed by atoms with E-state index in [4.69, 9.17) is 10.5 Å². The van der Waals surface area contributed by atoms with Crippen molar-refractivity contribution in [3.8, 4) is 0 Å². The highest BCUT2D eigenvalue weighted by molar-refractivity contribution is 4.57. The Kier molecular flexibility index (Phi) is 2.44. The molecule has 0 saturated heterocycles. The molecule has 0 aliphatic heterocycles. The summed E-state index contributed by atoms with van der Waals surface area (Å²) in [6.45, 7) is 7.61. The Labute approximate surface area is 51.0 Å². The zero-order chi connectivity index (χ0) is 6.78. The van der Waals surface area contributed by atoms with Crippen LogP contribution in [0.3, 0.4) is 0 Å². The summed E-state index contributed by atoms with van der Waals surface area (Å²) in [6, 6.07) is 0. The van der Waals surface area contributed by atoms with Crippen LogP contribution < -0.4 is 5.73 Å². The van der Waals surface area contributed by atoms with Crippen molar-refractivity contribution in [1.29, 1.82) is 0 Å². The van der Waals surface area contributed by atoms with Crippen LogP contribution in [0.15, 0.2) is 0 Å². The predicted molar refractivity (Wildman–Crippen MR) is 34.5 cm³/mol. The topological polar surface area (TPSA) is 35.2 Å². The van der Waals surface area contributed by atoms with Gasteiger partial charge in [-0.1, -0.05) is 0 Å². The fraction of sp³-hybridized carbons (Fsp3) is 1.00. The third kappa shape index (κ3) is 5.92. The van der Waals surface area contributed by atoms with E-state index in [1.807, 2.05) is 27.7 Å². The smallest absolute Gasteiger partial charge is 0.111 e. The zero-order valence-electron chi connectivity index (χ0n) is 6.06. The van der Waals surface area contributed by atoms with Crippen molar-refractivity contribution >= 4 is 0 Å². The standard InChI is InChI=1S/C6H15NO/c1-5(2)8-6(3,4)7/h5H,7H2,1-4H3. The summed E-state index contributed by atoms with van der Waals surface area (Å²) in [7, 11) is 0. The molecule has 2 heteroatoms. The third-order valence-electron chi connectivity index (χ3n) is 0.539. The summed E-state index contributed by atoms with van der Waals surface area (Å²) in [5.41, 5.74) is 5.04. The maximum absolute atomic E-state index is 5.51. The lowest BCUT2D eigenvalue weighted by Crippen LogP contribution is -2.37. The average molecular weight is 117 g/mol. The number of hydrogen-bond acceptors (Lipinski definition) is 2. The predicted octanol–water partition coefficient (Wildman–Crippen LogP) is 1.11. The second-order valence-corrected chi connectivity index (χ2v) is 2.77. The molecule has 50 valence electrons. The minimum Gasteiger partial charge on any atom is -0.359 e. The first-order chi connectivity index (χ1) is 3.42. The molecular weight excluding hydrogens is 102 g/mol. The van der Waals surface area contributed by atoms with Crippen LogP contribution in [0.5, 0.6) is 0 Å². The summed E-state index contributed by atoms with van der Waals surface area (Å²) in [6.07, 6.45) is 0.218. The molecule has 2 N–H and O–H groups in total. The van der Waals surface area contributed by atoms with E-state index in [1.54, 1.807) is 0 Å². The van der Waals surface area contributed by atoms with Gasteiger partial charge in [0.1, 0.15) is 5.72 Å². The molecule has 0 fully saturated rings. The molecule has 0 bridgehead atoms. The molecule has 0 amide bonds. The Bertz CT molecular complexity index is 63.4. The van der Waals surface area contributed by atoms with Gasteiger partial charge in [-0.2, -0.15) is 0 Å². The van der Waals surface area contributed by atoms with E-state index in [2.05, 4.69) is 0 Å². The Morgan fingerprint density at radius 1 is 1.38 bits per heavy atom. The molecule has 0 aliphatic rings. The van der Waals surface area contributed by atoms with Crippen LogP contribution in [0.25, 0.3) is 0 Å². The second kappa shape index (κ2) is 2.46. The van der Waals surface area contributed by atoms with Gasteiger partial charge < -0.3 is 10.5 Å². The van der Waals surface area contributed by atoms with Gasteiger partial charge in [-0.05, 0) is 27.7 Å². The van der Waals surface area contributed by atoms with E-state index in [1.165, 1.54) is 0 Å². The number of nitrogens with two attached hydrogens (primary N) is 1. The fourth-order valence-corrected chi connectivity index (χ4v) is 0.607. The number of ether oxygens (including phenoxy) is 1. The van der Waals surface area contributed by atoms with Gasteiger partial charge in [-0.3, -0.25) is 0 Å². The molecule has 0 aliphatic carbocycles. The molecule has 8 heavy (non-hydrogen) atoms. The highest BCUT2D eigenvalue weighted by Gasteiger charge is 2.11. The van der Waals surface area contributed by atoms with Gasteiger partial charge in [0.2, 0.25) is 0 Å². The summed E-state index contributed by atoms with van der Waals surface area (Å²) in [4.78, 5) is 0. The monoisotopic (exact) mass is 117 g/mol. The molecule has 0 spiro atoms. The van der Waals surface area contributed by atoms with Crippen LogP contribution >= 0.6 is 0 Å². The lowest BCUT2D eigenvalue weighted by Gasteiger charge is -2.22. The Morgan fingerprint density at radius 2 is 1.75 bits per heavy atom. The highest BCUT2D eigenvalue weighted by Crippen LogP contribution is 2.02. The van der Waals surface area contributed by atoms with Crippen molar-refractivity contribution in [3.63, 3.8) is 0 Å². The average Bonchev–Trinajstić information content (AvgIpc) is 1.21. The van der Waals surface area contributed by atoms with Crippen molar-refractivity contribution in [2.24, 2.45) is 5.73 Å². The van der Waals surface area contributed by atoms with Gasteiger partial charge in [0.25, 0.3) is 0 Å². The van der Waals surface area contributed by atoms with Gasteiger partial charge in [0.05, 0.1) is 6.10 Å². The minimum atomic E-state index is -0.478. The molecule has 0 saturated carbocycles. The lowest BCUT2D eigenvalue weighted by atomic mass is 10.3. The maximum atomic E-state index is 5.51. The third-order valence-corrected chi connectivity index (χ3v) is 0.539. The molecule has 0 aromatic rings. The Hall–Kier alpha value is -0.0800. The van der Waals surface area contributed by atoms with E-state index in [0.717, 1.165) is 0 Å². The van der Waals surface area contributed by atoms with Gasteiger partial charge in [0.15, 0.2) is 0 Å². The zero-order valence-corrected chi connectivity index (χ0v) is 6.06. The quantitative estimate of drug-likeness (QED) is 0.550.